The largest absolute Gasteiger partial charge is 0.507 e. The van der Waals surface area contributed by atoms with Gasteiger partial charge in [0.05, 0.1) is 6.21 Å². The van der Waals surface area contributed by atoms with Gasteiger partial charge in [0.25, 0.3) is 0 Å². The maximum Gasteiger partial charge on any atom is 0.428 e. The Morgan fingerprint density at radius 3 is 2.68 bits per heavy atom. The highest BCUT2D eigenvalue weighted by Gasteiger charge is 2.15. The van der Waals surface area contributed by atoms with Gasteiger partial charge in [-0.1, -0.05) is 0 Å². The molecule has 0 saturated carbocycles. The lowest BCUT2D eigenvalue weighted by molar-refractivity contribution is 0.0529. The first-order valence-electron chi connectivity index (χ1n) is 5.70. The molecule has 0 aliphatic rings. The van der Waals surface area contributed by atoms with Gasteiger partial charge in [-0.05, 0) is 68.0 Å². The minimum atomic E-state index is -0.634. The van der Waals surface area contributed by atoms with Crippen molar-refractivity contribution in [3.05, 3.63) is 26.8 Å². The number of carbonyl (C=O) groups is 1. The van der Waals surface area contributed by atoms with Crippen molar-refractivity contribution < 1.29 is 14.6 Å². The second-order valence-corrected chi connectivity index (χ2v) is 6.28. The number of ether oxygens (including phenoxy) is 1. The monoisotopic (exact) mass is 376 g/mol. The van der Waals surface area contributed by atoms with E-state index in [0.717, 1.165) is 9.13 Å². The van der Waals surface area contributed by atoms with Crippen LogP contribution in [0.2, 0.25) is 0 Å². The van der Waals surface area contributed by atoms with E-state index in [1.165, 1.54) is 6.21 Å². The number of halogens is 1. The fourth-order valence-electron chi connectivity index (χ4n) is 1.32. The fraction of sp³-hybridized carbons (Fsp3) is 0.385. The van der Waals surface area contributed by atoms with Gasteiger partial charge < -0.3 is 9.84 Å². The van der Waals surface area contributed by atoms with Gasteiger partial charge >= 0.3 is 6.09 Å². The lowest BCUT2D eigenvalue weighted by Crippen LogP contribution is -2.29. The van der Waals surface area contributed by atoms with E-state index in [1.807, 2.05) is 6.07 Å². The van der Waals surface area contributed by atoms with Crippen molar-refractivity contribution in [1.29, 1.82) is 0 Å². The Morgan fingerprint density at radius 1 is 1.47 bits per heavy atom. The lowest BCUT2D eigenvalue weighted by atomic mass is 10.1. The normalized spacial score (nSPS) is 11.6. The van der Waals surface area contributed by atoms with Crippen LogP contribution in [-0.2, 0) is 4.74 Å². The Labute approximate surface area is 126 Å². The van der Waals surface area contributed by atoms with Crippen LogP contribution < -0.4 is 5.43 Å². The van der Waals surface area contributed by atoms with Crippen molar-refractivity contribution in [2.75, 3.05) is 0 Å². The van der Waals surface area contributed by atoms with Crippen LogP contribution >= 0.6 is 22.6 Å². The molecule has 0 atom stereocenters. The van der Waals surface area contributed by atoms with Crippen molar-refractivity contribution in [1.82, 2.24) is 5.43 Å². The summed E-state index contributed by atoms with van der Waals surface area (Å²) in [5.41, 5.74) is 2.98. The Hall–Kier alpha value is -1.31. The maximum absolute atomic E-state index is 11.4. The van der Waals surface area contributed by atoms with Crippen molar-refractivity contribution >= 4 is 34.9 Å². The van der Waals surface area contributed by atoms with Gasteiger partial charge in [-0.3, -0.25) is 0 Å². The second kappa shape index (κ2) is 6.23. The van der Waals surface area contributed by atoms with E-state index in [2.05, 4.69) is 33.1 Å². The number of amides is 1. The van der Waals surface area contributed by atoms with E-state index in [1.54, 1.807) is 33.8 Å². The summed E-state index contributed by atoms with van der Waals surface area (Å²) in [5, 5.41) is 13.6. The van der Waals surface area contributed by atoms with Crippen LogP contribution in [-0.4, -0.2) is 23.0 Å². The standard InChI is InChI=1S/C13H17IN2O3/c1-8-5-10(14)6-9(11(8)17)7-15-16-12(18)19-13(2,3)4/h5-7,17H,1-4H3,(H,16,18)/b15-7-. The van der Waals surface area contributed by atoms with Crippen LogP contribution in [0.15, 0.2) is 17.2 Å². The lowest BCUT2D eigenvalue weighted by Gasteiger charge is -2.18. The SMILES string of the molecule is Cc1cc(I)cc(/C=N\NC(=O)OC(C)(C)C)c1O. The number of hydrogen-bond acceptors (Lipinski definition) is 4. The van der Waals surface area contributed by atoms with Gasteiger partial charge in [-0.25, -0.2) is 10.2 Å². The van der Waals surface area contributed by atoms with Crippen LogP contribution in [0.4, 0.5) is 4.79 Å². The van der Waals surface area contributed by atoms with Crippen LogP contribution in [0.5, 0.6) is 5.75 Å². The van der Waals surface area contributed by atoms with Crippen LogP contribution in [0.3, 0.4) is 0 Å². The summed E-state index contributed by atoms with van der Waals surface area (Å²) in [6.07, 6.45) is 0.750. The topological polar surface area (TPSA) is 70.9 Å². The average Bonchev–Trinajstić information content (AvgIpc) is 2.22. The molecule has 104 valence electrons. The third kappa shape index (κ3) is 5.46. The molecule has 1 aromatic rings. The van der Waals surface area contributed by atoms with E-state index in [9.17, 15) is 9.90 Å². The van der Waals surface area contributed by atoms with Gasteiger partial charge in [0.15, 0.2) is 0 Å². The molecule has 0 unspecified atom stereocenters. The molecule has 1 rings (SSSR count). The summed E-state index contributed by atoms with van der Waals surface area (Å²) in [6.45, 7) is 7.11. The van der Waals surface area contributed by atoms with E-state index >= 15 is 0 Å². The van der Waals surface area contributed by atoms with Crippen molar-refractivity contribution in [2.45, 2.75) is 33.3 Å². The molecule has 0 saturated heterocycles. The molecule has 0 bridgehead atoms. The van der Waals surface area contributed by atoms with Crippen molar-refractivity contribution in [2.24, 2.45) is 5.10 Å². The number of nitrogens with one attached hydrogen (secondary N) is 1. The molecule has 0 spiro atoms. The van der Waals surface area contributed by atoms with Crippen LogP contribution in [0, 0.1) is 10.5 Å². The predicted molar refractivity (Wildman–Crippen MR) is 82.5 cm³/mol. The number of phenols is 1. The van der Waals surface area contributed by atoms with Gasteiger partial charge in [0.1, 0.15) is 11.4 Å². The maximum atomic E-state index is 11.4. The first-order valence-corrected chi connectivity index (χ1v) is 6.78. The summed E-state index contributed by atoms with van der Waals surface area (Å²) in [5.74, 6) is 0.148. The van der Waals surface area contributed by atoms with E-state index in [-0.39, 0.29) is 5.75 Å². The molecule has 19 heavy (non-hydrogen) atoms. The molecule has 0 aliphatic carbocycles. The predicted octanol–water partition coefficient (Wildman–Crippen LogP) is 3.16. The van der Waals surface area contributed by atoms with Crippen molar-refractivity contribution in [3.63, 3.8) is 0 Å². The zero-order valence-electron chi connectivity index (χ0n) is 11.3. The third-order valence-electron chi connectivity index (χ3n) is 2.05. The molecule has 5 nitrogen and oxygen atoms in total. The first kappa shape index (κ1) is 15.7. The molecule has 0 fully saturated rings. The zero-order valence-corrected chi connectivity index (χ0v) is 13.5. The van der Waals surface area contributed by atoms with E-state index in [0.29, 0.717) is 5.56 Å². The van der Waals surface area contributed by atoms with Gasteiger partial charge in [0.2, 0.25) is 0 Å². The van der Waals surface area contributed by atoms with Crippen LogP contribution in [0.1, 0.15) is 31.9 Å². The van der Waals surface area contributed by atoms with Crippen molar-refractivity contribution in [3.8, 4) is 5.75 Å². The number of phenolic OH excluding ortho intramolecular Hbond substituents is 1. The Morgan fingerprint density at radius 2 is 2.11 bits per heavy atom. The molecule has 0 radical (unpaired) electrons. The Balaban J connectivity index is 2.71. The number of nitrogens with zero attached hydrogens (tertiary/aromatic N) is 1. The fourth-order valence-corrected chi connectivity index (χ4v) is 2.12. The Bertz CT molecular complexity index is 507. The zero-order chi connectivity index (χ0) is 14.6. The number of hydrazone groups is 1. The second-order valence-electron chi connectivity index (χ2n) is 5.03. The molecule has 6 heteroatoms. The molecular weight excluding hydrogens is 359 g/mol. The van der Waals surface area contributed by atoms with E-state index < -0.39 is 11.7 Å². The molecule has 0 aliphatic heterocycles. The third-order valence-corrected chi connectivity index (χ3v) is 2.68. The number of rotatable bonds is 2. The number of hydrogen-bond donors (Lipinski definition) is 2. The van der Waals surface area contributed by atoms with Gasteiger partial charge in [0, 0.05) is 9.13 Å². The Kier molecular flexibility index (Phi) is 5.16. The summed E-state index contributed by atoms with van der Waals surface area (Å²) in [4.78, 5) is 11.4. The first-order chi connectivity index (χ1) is 8.69. The number of carbonyl (C=O) groups excluding carboxylic acids is 1. The number of benzene rings is 1. The molecular formula is C13H17IN2O3. The van der Waals surface area contributed by atoms with E-state index in [4.69, 9.17) is 4.74 Å². The minimum Gasteiger partial charge on any atom is -0.507 e. The summed E-state index contributed by atoms with van der Waals surface area (Å²) < 4.78 is 6.00. The molecule has 1 aromatic carbocycles. The quantitative estimate of drug-likeness (QED) is 0.473. The van der Waals surface area contributed by atoms with Crippen LogP contribution in [0.25, 0.3) is 0 Å². The van der Waals surface area contributed by atoms with Gasteiger partial charge in [-0.2, -0.15) is 5.10 Å². The van der Waals surface area contributed by atoms with Gasteiger partial charge in [-0.15, -0.1) is 0 Å². The molecule has 2 N–H and O–H groups in total. The highest BCUT2D eigenvalue weighted by Crippen LogP contribution is 2.23. The summed E-state index contributed by atoms with van der Waals surface area (Å²) in [7, 11) is 0. The highest BCUT2D eigenvalue weighted by molar-refractivity contribution is 14.1. The smallest absolute Gasteiger partial charge is 0.428 e. The molecule has 1 amide bonds. The minimum absolute atomic E-state index is 0.148. The highest BCUT2D eigenvalue weighted by atomic mass is 127. The summed E-state index contributed by atoms with van der Waals surface area (Å²) >= 11 is 2.15. The number of aromatic hydroxyl groups is 1. The average molecular weight is 376 g/mol. The molecule has 0 aromatic heterocycles. The number of aryl methyl sites for hydroxylation is 1. The molecule has 0 heterocycles. The summed E-state index contributed by atoms with van der Waals surface area (Å²) in [6, 6.07) is 3.62.